The molecule has 2 aromatic rings. The van der Waals surface area contributed by atoms with Gasteiger partial charge in [0.25, 0.3) is 0 Å². The third-order valence-corrected chi connectivity index (χ3v) is 3.11. The molecule has 5 nitrogen and oxygen atoms in total. The van der Waals surface area contributed by atoms with Crippen LogP contribution in [0.2, 0.25) is 0 Å². The number of aliphatic carboxylic acids is 1. The van der Waals surface area contributed by atoms with E-state index < -0.39 is 30.2 Å². The van der Waals surface area contributed by atoms with Crippen LogP contribution < -0.4 is 9.47 Å². The maximum atomic E-state index is 12.8. The Hall–Kier alpha value is -3.36. The number of carboxylic acid groups (broad SMARTS) is 1. The summed E-state index contributed by atoms with van der Waals surface area (Å²) in [6, 6.07) is 9.95. The molecular formula is C18H12F4O5. The topological polar surface area (TPSA) is 72.8 Å². The van der Waals surface area contributed by atoms with Crippen LogP contribution in [0.15, 0.2) is 54.6 Å². The normalized spacial score (nSPS) is 11.6. The van der Waals surface area contributed by atoms with Gasteiger partial charge in [-0.25, -0.2) is 9.59 Å². The molecule has 0 aliphatic heterocycles. The zero-order valence-corrected chi connectivity index (χ0v) is 13.4. The Balaban J connectivity index is 2.01. The van der Waals surface area contributed by atoms with Crippen molar-refractivity contribution in [2.24, 2.45) is 0 Å². The van der Waals surface area contributed by atoms with Gasteiger partial charge in [-0.1, -0.05) is 12.1 Å². The molecule has 0 amide bonds. The van der Waals surface area contributed by atoms with Crippen molar-refractivity contribution in [3.8, 4) is 11.5 Å². The highest BCUT2D eigenvalue weighted by atomic mass is 19.3. The molecule has 1 N–H and O–H groups in total. The zero-order valence-electron chi connectivity index (χ0n) is 13.4. The van der Waals surface area contributed by atoms with Gasteiger partial charge in [0, 0.05) is 6.08 Å². The number of carbonyl (C=O) groups is 2. The van der Waals surface area contributed by atoms with Crippen molar-refractivity contribution in [3.63, 3.8) is 0 Å². The molecule has 27 heavy (non-hydrogen) atoms. The monoisotopic (exact) mass is 384 g/mol. The minimum atomic E-state index is -4.64. The standard InChI is InChI=1S/C18H12F4O5/c19-17(20)18(21,22)27-14-8-4-12(5-9-14)16(25)26-13-6-1-11(2-7-13)3-10-15(23)24/h1-10,17H,(H,23,24)/b10-3+. The quantitative estimate of drug-likeness (QED) is 0.335. The maximum absolute atomic E-state index is 12.8. The van der Waals surface area contributed by atoms with Gasteiger partial charge in [0.05, 0.1) is 5.56 Å². The molecule has 2 aromatic carbocycles. The second kappa shape index (κ2) is 8.35. The van der Waals surface area contributed by atoms with Gasteiger partial charge in [0.15, 0.2) is 0 Å². The Bertz CT molecular complexity index is 830. The van der Waals surface area contributed by atoms with E-state index in [0.717, 1.165) is 30.3 Å². The molecule has 9 heteroatoms. The largest absolute Gasteiger partial charge is 0.478 e. The molecule has 0 aromatic heterocycles. The average Bonchev–Trinajstić information content (AvgIpc) is 2.61. The molecule has 0 heterocycles. The predicted molar refractivity (Wildman–Crippen MR) is 86.1 cm³/mol. The predicted octanol–water partition coefficient (Wildman–Crippen LogP) is 4.24. The van der Waals surface area contributed by atoms with Gasteiger partial charge in [-0.2, -0.15) is 17.6 Å². The van der Waals surface area contributed by atoms with E-state index in [1.54, 1.807) is 0 Å². The Morgan fingerprint density at radius 1 is 0.963 bits per heavy atom. The van der Waals surface area contributed by atoms with Crippen LogP contribution in [0.1, 0.15) is 15.9 Å². The van der Waals surface area contributed by atoms with Gasteiger partial charge in [0.1, 0.15) is 11.5 Å². The van der Waals surface area contributed by atoms with Crippen molar-refractivity contribution < 1.29 is 41.7 Å². The molecule has 0 bridgehead atoms. The fourth-order valence-corrected chi connectivity index (χ4v) is 1.84. The molecule has 0 aliphatic rings. The number of esters is 1. The lowest BCUT2D eigenvalue weighted by molar-refractivity contribution is -0.253. The van der Waals surface area contributed by atoms with Crippen molar-refractivity contribution in [1.29, 1.82) is 0 Å². The Kier molecular flexibility index (Phi) is 6.17. The van der Waals surface area contributed by atoms with Crippen LogP contribution in [-0.2, 0) is 4.79 Å². The summed E-state index contributed by atoms with van der Waals surface area (Å²) in [5.74, 6) is -2.29. The molecular weight excluding hydrogens is 372 g/mol. The molecule has 0 aliphatic carbocycles. The number of benzene rings is 2. The minimum Gasteiger partial charge on any atom is -0.478 e. The second-order valence-electron chi connectivity index (χ2n) is 5.12. The first-order chi connectivity index (χ1) is 12.7. The van der Waals surface area contributed by atoms with Gasteiger partial charge in [-0.3, -0.25) is 0 Å². The summed E-state index contributed by atoms with van der Waals surface area (Å²) in [6.45, 7) is 0. The molecule has 0 fully saturated rings. The number of hydrogen-bond donors (Lipinski definition) is 1. The fourth-order valence-electron chi connectivity index (χ4n) is 1.84. The lowest BCUT2D eigenvalue weighted by Gasteiger charge is -2.16. The van der Waals surface area contributed by atoms with Crippen molar-refractivity contribution in [3.05, 3.63) is 65.7 Å². The van der Waals surface area contributed by atoms with Gasteiger partial charge >= 0.3 is 24.5 Å². The Morgan fingerprint density at radius 3 is 2.04 bits per heavy atom. The molecule has 0 radical (unpaired) electrons. The van der Waals surface area contributed by atoms with Crippen LogP contribution >= 0.6 is 0 Å². The fraction of sp³-hybridized carbons (Fsp3) is 0.111. The van der Waals surface area contributed by atoms with Crippen LogP contribution in [0, 0.1) is 0 Å². The molecule has 0 saturated heterocycles. The molecule has 142 valence electrons. The van der Waals surface area contributed by atoms with Gasteiger partial charge in [-0.15, -0.1) is 0 Å². The van der Waals surface area contributed by atoms with Crippen LogP contribution in [-0.4, -0.2) is 29.6 Å². The maximum Gasteiger partial charge on any atom is 0.461 e. The number of ether oxygens (including phenoxy) is 2. The van der Waals surface area contributed by atoms with E-state index in [1.165, 1.54) is 30.3 Å². The molecule has 0 unspecified atom stereocenters. The van der Waals surface area contributed by atoms with E-state index in [0.29, 0.717) is 5.56 Å². The summed E-state index contributed by atoms with van der Waals surface area (Å²) in [6.07, 6.45) is -6.33. The van der Waals surface area contributed by atoms with Gasteiger partial charge < -0.3 is 14.6 Å². The molecule has 0 atom stereocenters. The Labute approximate surface area is 150 Å². The van der Waals surface area contributed by atoms with Crippen LogP contribution in [0.4, 0.5) is 17.6 Å². The highest BCUT2D eigenvalue weighted by Gasteiger charge is 2.43. The van der Waals surface area contributed by atoms with E-state index in [4.69, 9.17) is 9.84 Å². The molecule has 0 saturated carbocycles. The lowest BCUT2D eigenvalue weighted by Crippen LogP contribution is -2.33. The average molecular weight is 384 g/mol. The summed E-state index contributed by atoms with van der Waals surface area (Å²) in [4.78, 5) is 22.4. The number of alkyl halides is 4. The van der Waals surface area contributed by atoms with E-state index in [9.17, 15) is 27.2 Å². The van der Waals surface area contributed by atoms with E-state index in [2.05, 4.69) is 4.74 Å². The first-order valence-corrected chi connectivity index (χ1v) is 7.35. The van der Waals surface area contributed by atoms with Crippen molar-refractivity contribution in [1.82, 2.24) is 0 Å². The summed E-state index contributed by atoms with van der Waals surface area (Å²) >= 11 is 0. The molecule has 2 rings (SSSR count). The third-order valence-electron chi connectivity index (χ3n) is 3.11. The van der Waals surface area contributed by atoms with Crippen molar-refractivity contribution in [2.45, 2.75) is 12.5 Å². The summed E-state index contributed by atoms with van der Waals surface area (Å²) in [5, 5.41) is 8.54. The zero-order chi connectivity index (χ0) is 20.0. The first kappa shape index (κ1) is 20.0. The van der Waals surface area contributed by atoms with Crippen LogP contribution in [0.3, 0.4) is 0 Å². The summed E-state index contributed by atoms with van der Waals surface area (Å²) in [5.41, 5.74) is 0.552. The minimum absolute atomic E-state index is 0.0161. The number of carboxylic acids is 1. The van der Waals surface area contributed by atoms with E-state index in [-0.39, 0.29) is 11.3 Å². The lowest BCUT2D eigenvalue weighted by atomic mass is 10.2. The number of halogens is 4. The number of hydrogen-bond acceptors (Lipinski definition) is 4. The first-order valence-electron chi connectivity index (χ1n) is 7.35. The van der Waals surface area contributed by atoms with Crippen LogP contribution in [0.25, 0.3) is 6.08 Å². The second-order valence-corrected chi connectivity index (χ2v) is 5.12. The smallest absolute Gasteiger partial charge is 0.461 e. The highest BCUT2D eigenvalue weighted by molar-refractivity contribution is 5.91. The summed E-state index contributed by atoms with van der Waals surface area (Å²) in [7, 11) is 0. The molecule has 0 spiro atoms. The van der Waals surface area contributed by atoms with Crippen molar-refractivity contribution in [2.75, 3.05) is 0 Å². The highest BCUT2D eigenvalue weighted by Crippen LogP contribution is 2.27. The van der Waals surface area contributed by atoms with E-state index >= 15 is 0 Å². The Morgan fingerprint density at radius 2 is 1.52 bits per heavy atom. The SMILES string of the molecule is O=C(O)/C=C/c1ccc(OC(=O)c2ccc(OC(F)(F)C(F)F)cc2)cc1. The number of carbonyl (C=O) groups excluding carboxylic acids is 1. The van der Waals surface area contributed by atoms with Gasteiger partial charge in [0.2, 0.25) is 0 Å². The van der Waals surface area contributed by atoms with Crippen molar-refractivity contribution >= 4 is 18.0 Å². The van der Waals surface area contributed by atoms with E-state index in [1.807, 2.05) is 0 Å². The van der Waals surface area contributed by atoms with Gasteiger partial charge in [-0.05, 0) is 48.0 Å². The van der Waals surface area contributed by atoms with Crippen LogP contribution in [0.5, 0.6) is 11.5 Å². The summed E-state index contributed by atoms with van der Waals surface area (Å²) < 4.78 is 58.7. The third kappa shape index (κ3) is 5.84. The number of rotatable bonds is 7.